The average molecular weight is 367 g/mol. The van der Waals surface area contributed by atoms with Crippen LogP contribution in [0.5, 0.6) is 0 Å². The Balaban J connectivity index is 2.30. The minimum absolute atomic E-state index is 0.128. The first-order valence-electron chi connectivity index (χ1n) is 7.22. The van der Waals surface area contributed by atoms with Crippen molar-refractivity contribution in [1.29, 1.82) is 0 Å². The monoisotopic (exact) mass is 366 g/mol. The molecule has 0 bridgehead atoms. The molecular weight excluding hydrogens is 343 g/mol. The number of nitrogens with one attached hydrogen (secondary N) is 1. The van der Waals surface area contributed by atoms with Crippen molar-refractivity contribution in [2.24, 2.45) is 0 Å². The third-order valence-electron chi connectivity index (χ3n) is 2.98. The van der Waals surface area contributed by atoms with E-state index in [0.29, 0.717) is 10.9 Å². The number of hydrogen-bond donors (Lipinski definition) is 1. The summed E-state index contributed by atoms with van der Waals surface area (Å²) in [5.41, 5.74) is 0.546. The highest BCUT2D eigenvalue weighted by molar-refractivity contribution is 7.20. The average Bonchev–Trinajstić information content (AvgIpc) is 2.71. The lowest BCUT2D eigenvalue weighted by Gasteiger charge is -2.24. The van der Waals surface area contributed by atoms with Crippen LogP contribution in [0.3, 0.4) is 0 Å². The largest absolute Gasteiger partial charge is 0.444 e. The number of carbonyl (C=O) groups excluding carboxylic acids is 1. The minimum Gasteiger partial charge on any atom is -0.444 e. The molecule has 0 aliphatic rings. The van der Waals surface area contributed by atoms with Gasteiger partial charge in [-0.05, 0) is 52.3 Å². The van der Waals surface area contributed by atoms with E-state index in [0.717, 1.165) is 22.9 Å². The highest BCUT2D eigenvalue weighted by Gasteiger charge is 2.19. The van der Waals surface area contributed by atoms with Crippen LogP contribution in [0.2, 0.25) is 8.67 Å². The SMILES string of the molecule is CC(NCCCN(C)C(=O)OC(C)(C)C)c1cc(Cl)sc1Cl. The standard InChI is InChI=1S/C15H24Cl2N2O2S/c1-10(11-9-12(16)22-13(11)17)18-7-6-8-19(5)14(20)21-15(2,3)4/h9-10,18H,6-8H2,1-5H3. The molecule has 0 saturated carbocycles. The topological polar surface area (TPSA) is 41.6 Å². The molecule has 1 amide bonds. The van der Waals surface area contributed by atoms with Crippen molar-refractivity contribution < 1.29 is 9.53 Å². The summed E-state index contributed by atoms with van der Waals surface area (Å²) >= 11 is 13.5. The quantitative estimate of drug-likeness (QED) is 0.723. The molecule has 0 radical (unpaired) electrons. The summed E-state index contributed by atoms with van der Waals surface area (Å²) in [5.74, 6) is 0. The Morgan fingerprint density at radius 2 is 2.09 bits per heavy atom. The van der Waals surface area contributed by atoms with Crippen LogP contribution in [0.25, 0.3) is 0 Å². The first kappa shape index (κ1) is 19.6. The smallest absolute Gasteiger partial charge is 0.410 e. The van der Waals surface area contributed by atoms with Gasteiger partial charge in [0.25, 0.3) is 0 Å². The van der Waals surface area contributed by atoms with Gasteiger partial charge < -0.3 is 15.0 Å². The molecule has 0 spiro atoms. The summed E-state index contributed by atoms with van der Waals surface area (Å²) < 4.78 is 6.71. The summed E-state index contributed by atoms with van der Waals surface area (Å²) in [5, 5.41) is 3.38. The Morgan fingerprint density at radius 3 is 2.59 bits per heavy atom. The predicted octanol–water partition coefficient (Wildman–Crippen LogP) is 4.96. The van der Waals surface area contributed by atoms with E-state index in [1.54, 1.807) is 11.9 Å². The second-order valence-electron chi connectivity index (χ2n) is 6.21. The summed E-state index contributed by atoms with van der Waals surface area (Å²) in [6.45, 7) is 9.03. The van der Waals surface area contributed by atoms with Gasteiger partial charge in [0.2, 0.25) is 0 Å². The van der Waals surface area contributed by atoms with Gasteiger partial charge in [0.05, 0.1) is 8.67 Å². The van der Waals surface area contributed by atoms with Gasteiger partial charge in [-0.3, -0.25) is 0 Å². The van der Waals surface area contributed by atoms with E-state index in [-0.39, 0.29) is 12.1 Å². The molecule has 1 rings (SSSR count). The molecule has 1 aromatic rings. The van der Waals surface area contributed by atoms with E-state index in [1.807, 2.05) is 33.8 Å². The third-order valence-corrected chi connectivity index (χ3v) is 4.49. The molecule has 0 saturated heterocycles. The molecule has 1 aromatic heterocycles. The van der Waals surface area contributed by atoms with E-state index in [9.17, 15) is 4.79 Å². The maximum atomic E-state index is 11.8. The number of halogens is 2. The number of rotatable bonds is 6. The first-order chi connectivity index (χ1) is 10.1. The zero-order valence-electron chi connectivity index (χ0n) is 13.7. The molecule has 0 aliphatic carbocycles. The lowest BCUT2D eigenvalue weighted by atomic mass is 10.2. The highest BCUT2D eigenvalue weighted by Crippen LogP contribution is 2.34. The molecule has 1 N–H and O–H groups in total. The van der Waals surface area contributed by atoms with Gasteiger partial charge in [-0.25, -0.2) is 4.79 Å². The maximum Gasteiger partial charge on any atom is 0.410 e. The molecule has 1 atom stereocenters. The van der Waals surface area contributed by atoms with Crippen LogP contribution < -0.4 is 5.32 Å². The van der Waals surface area contributed by atoms with Gasteiger partial charge in [-0.1, -0.05) is 23.2 Å². The molecule has 0 aliphatic heterocycles. The van der Waals surface area contributed by atoms with Crippen LogP contribution in [0.15, 0.2) is 6.07 Å². The van der Waals surface area contributed by atoms with Crippen LogP contribution in [-0.4, -0.2) is 36.7 Å². The van der Waals surface area contributed by atoms with Crippen molar-refractivity contribution in [2.45, 2.75) is 45.8 Å². The molecule has 1 heterocycles. The van der Waals surface area contributed by atoms with Gasteiger partial charge in [0.15, 0.2) is 0 Å². The molecule has 4 nitrogen and oxygen atoms in total. The number of amides is 1. The van der Waals surface area contributed by atoms with Crippen molar-refractivity contribution in [3.05, 3.63) is 20.3 Å². The van der Waals surface area contributed by atoms with Crippen molar-refractivity contribution in [3.8, 4) is 0 Å². The molecule has 7 heteroatoms. The molecule has 22 heavy (non-hydrogen) atoms. The maximum absolute atomic E-state index is 11.8. The van der Waals surface area contributed by atoms with E-state index < -0.39 is 5.60 Å². The van der Waals surface area contributed by atoms with E-state index in [1.165, 1.54) is 11.3 Å². The number of nitrogens with zero attached hydrogens (tertiary/aromatic N) is 1. The zero-order valence-corrected chi connectivity index (χ0v) is 16.0. The summed E-state index contributed by atoms with van der Waals surface area (Å²) in [6.07, 6.45) is 0.531. The van der Waals surface area contributed by atoms with E-state index in [2.05, 4.69) is 5.32 Å². The van der Waals surface area contributed by atoms with Gasteiger partial charge >= 0.3 is 6.09 Å². The van der Waals surface area contributed by atoms with E-state index in [4.69, 9.17) is 27.9 Å². The van der Waals surface area contributed by atoms with Crippen LogP contribution in [0.1, 0.15) is 45.7 Å². The third kappa shape index (κ3) is 6.73. The van der Waals surface area contributed by atoms with Crippen molar-refractivity contribution >= 4 is 40.6 Å². The minimum atomic E-state index is -0.465. The van der Waals surface area contributed by atoms with Crippen molar-refractivity contribution in [1.82, 2.24) is 10.2 Å². The second kappa shape index (κ2) is 8.39. The Morgan fingerprint density at radius 1 is 1.45 bits per heavy atom. The molecule has 1 unspecified atom stereocenters. The molecule has 126 valence electrons. The molecule has 0 aromatic carbocycles. The van der Waals surface area contributed by atoms with Crippen molar-refractivity contribution in [2.75, 3.05) is 20.1 Å². The van der Waals surface area contributed by atoms with Gasteiger partial charge in [0, 0.05) is 19.6 Å². The molecular formula is C15H24Cl2N2O2S. The highest BCUT2D eigenvalue weighted by atomic mass is 35.5. The number of thiophene rings is 1. The van der Waals surface area contributed by atoms with Crippen LogP contribution >= 0.6 is 34.5 Å². The number of ether oxygens (including phenoxy) is 1. The predicted molar refractivity (Wildman–Crippen MR) is 94.2 cm³/mol. The fourth-order valence-corrected chi connectivity index (χ4v) is 3.47. The fraction of sp³-hybridized carbons (Fsp3) is 0.667. The fourth-order valence-electron chi connectivity index (χ4n) is 1.82. The Bertz CT molecular complexity index is 500. The van der Waals surface area contributed by atoms with Crippen LogP contribution in [0.4, 0.5) is 4.79 Å². The van der Waals surface area contributed by atoms with Gasteiger partial charge in [-0.15, -0.1) is 11.3 Å². The Kier molecular flexibility index (Phi) is 7.46. The number of carbonyl (C=O) groups is 1. The zero-order chi connectivity index (χ0) is 16.9. The second-order valence-corrected chi connectivity index (χ2v) is 8.50. The Hall–Kier alpha value is -0.490. The van der Waals surface area contributed by atoms with Crippen LogP contribution in [0, 0.1) is 0 Å². The van der Waals surface area contributed by atoms with Gasteiger partial charge in [0.1, 0.15) is 5.60 Å². The lowest BCUT2D eigenvalue weighted by Crippen LogP contribution is -2.35. The van der Waals surface area contributed by atoms with Crippen molar-refractivity contribution in [3.63, 3.8) is 0 Å². The summed E-state index contributed by atoms with van der Waals surface area (Å²) in [4.78, 5) is 13.4. The Labute approximate surface area is 146 Å². The first-order valence-corrected chi connectivity index (χ1v) is 8.79. The number of hydrogen-bond acceptors (Lipinski definition) is 4. The normalized spacial score (nSPS) is 13.0. The molecule has 0 fully saturated rings. The lowest BCUT2D eigenvalue weighted by molar-refractivity contribution is 0.0297. The van der Waals surface area contributed by atoms with Gasteiger partial charge in [-0.2, -0.15) is 0 Å². The van der Waals surface area contributed by atoms with Crippen LogP contribution in [-0.2, 0) is 4.74 Å². The summed E-state index contributed by atoms with van der Waals surface area (Å²) in [7, 11) is 1.74. The summed E-state index contributed by atoms with van der Waals surface area (Å²) in [6, 6.07) is 2.02. The van der Waals surface area contributed by atoms with E-state index >= 15 is 0 Å².